The lowest BCUT2D eigenvalue weighted by molar-refractivity contribution is 0.601. The molecule has 3 rings (SSSR count). The van der Waals surface area contributed by atoms with Crippen LogP contribution in [0.3, 0.4) is 0 Å². The monoisotopic (exact) mass is 409 g/mol. The van der Waals surface area contributed by atoms with Crippen LogP contribution in [0, 0.1) is 3.57 Å². The van der Waals surface area contributed by atoms with E-state index >= 15 is 0 Å². The van der Waals surface area contributed by atoms with Crippen molar-refractivity contribution in [2.75, 3.05) is 4.72 Å². The molecule has 0 bridgehead atoms. The van der Waals surface area contributed by atoms with Gasteiger partial charge in [0.15, 0.2) is 0 Å². The van der Waals surface area contributed by atoms with Gasteiger partial charge in [-0.2, -0.15) is 0 Å². The van der Waals surface area contributed by atoms with Crippen LogP contribution in [0.15, 0.2) is 71.6 Å². The Labute approximate surface area is 137 Å². The highest BCUT2D eigenvalue weighted by Gasteiger charge is 2.17. The molecule has 106 valence electrons. The number of hydrogen-bond donors (Lipinski definition) is 1. The molecule has 0 aliphatic carbocycles. The summed E-state index contributed by atoms with van der Waals surface area (Å²) in [7, 11) is -3.59. The lowest BCUT2D eigenvalue weighted by atomic mass is 10.1. The Bertz CT molecular complexity index is 902. The number of benzene rings is 3. The third-order valence-electron chi connectivity index (χ3n) is 3.16. The maximum atomic E-state index is 12.6. The zero-order chi connectivity index (χ0) is 14.9. The summed E-state index contributed by atoms with van der Waals surface area (Å²) in [5.74, 6) is 0. The smallest absolute Gasteiger partial charge is 0.262 e. The summed E-state index contributed by atoms with van der Waals surface area (Å²) in [4.78, 5) is 0.290. The van der Waals surface area contributed by atoms with Gasteiger partial charge in [0.1, 0.15) is 4.90 Å². The van der Waals surface area contributed by atoms with E-state index in [-0.39, 0.29) is 0 Å². The second-order valence-electron chi connectivity index (χ2n) is 4.56. The summed E-state index contributed by atoms with van der Waals surface area (Å²) in [5, 5.41) is 1.88. The van der Waals surface area contributed by atoms with Crippen molar-refractivity contribution in [2.45, 2.75) is 4.90 Å². The SMILES string of the molecule is O=S(=O)(Nc1cccc2ccccc12)c1ccccc1I. The van der Waals surface area contributed by atoms with Crippen LogP contribution in [0.5, 0.6) is 0 Å². The molecule has 0 heterocycles. The van der Waals surface area contributed by atoms with Crippen molar-refractivity contribution >= 4 is 49.1 Å². The van der Waals surface area contributed by atoms with E-state index in [1.165, 1.54) is 0 Å². The van der Waals surface area contributed by atoms with Crippen LogP contribution in [0.4, 0.5) is 5.69 Å². The Hall–Kier alpha value is -1.60. The number of sulfonamides is 1. The molecule has 3 aromatic carbocycles. The molecule has 0 unspecified atom stereocenters. The first-order chi connectivity index (χ1) is 10.1. The topological polar surface area (TPSA) is 46.2 Å². The van der Waals surface area contributed by atoms with Crippen molar-refractivity contribution in [3.8, 4) is 0 Å². The van der Waals surface area contributed by atoms with E-state index in [9.17, 15) is 8.42 Å². The summed E-state index contributed by atoms with van der Waals surface area (Å²) in [5.41, 5.74) is 0.591. The Morgan fingerprint density at radius 2 is 1.48 bits per heavy atom. The summed E-state index contributed by atoms with van der Waals surface area (Å²) in [6, 6.07) is 20.2. The largest absolute Gasteiger partial charge is 0.279 e. The van der Waals surface area contributed by atoms with Crippen LogP contribution in [0.1, 0.15) is 0 Å². The van der Waals surface area contributed by atoms with Gasteiger partial charge in [0, 0.05) is 8.96 Å². The van der Waals surface area contributed by atoms with E-state index in [1.807, 2.05) is 65.1 Å². The lowest BCUT2D eigenvalue weighted by Gasteiger charge is -2.11. The minimum absolute atomic E-state index is 0.290. The number of rotatable bonds is 3. The molecule has 0 saturated carbocycles. The highest BCUT2D eigenvalue weighted by Crippen LogP contribution is 2.26. The number of nitrogens with one attached hydrogen (secondary N) is 1. The number of anilines is 1. The fraction of sp³-hybridized carbons (Fsp3) is 0. The normalized spacial score (nSPS) is 11.5. The van der Waals surface area contributed by atoms with Crippen molar-refractivity contribution < 1.29 is 8.42 Å². The summed E-state index contributed by atoms with van der Waals surface area (Å²) in [6.07, 6.45) is 0. The Morgan fingerprint density at radius 3 is 2.29 bits per heavy atom. The number of fused-ring (bicyclic) bond motifs is 1. The Kier molecular flexibility index (Phi) is 3.86. The molecule has 0 aromatic heterocycles. The third-order valence-corrected chi connectivity index (χ3v) is 5.89. The van der Waals surface area contributed by atoms with E-state index in [0.717, 1.165) is 10.8 Å². The third kappa shape index (κ3) is 2.89. The molecule has 3 nitrogen and oxygen atoms in total. The summed E-state index contributed by atoms with van der Waals surface area (Å²) < 4.78 is 28.5. The first-order valence-corrected chi connectivity index (χ1v) is 8.89. The van der Waals surface area contributed by atoms with Crippen LogP contribution >= 0.6 is 22.6 Å². The molecule has 3 aromatic rings. The second-order valence-corrected chi connectivity index (χ2v) is 7.38. The highest BCUT2D eigenvalue weighted by atomic mass is 127. The molecule has 5 heteroatoms. The predicted molar refractivity (Wildman–Crippen MR) is 93.9 cm³/mol. The molecule has 0 aliphatic rings. The van der Waals surface area contributed by atoms with Gasteiger partial charge in [-0.1, -0.05) is 48.5 Å². The molecule has 0 atom stereocenters. The van der Waals surface area contributed by atoms with Gasteiger partial charge in [-0.05, 0) is 46.2 Å². The minimum Gasteiger partial charge on any atom is -0.279 e. The maximum absolute atomic E-state index is 12.6. The number of halogens is 1. The Balaban J connectivity index is 2.08. The average Bonchev–Trinajstić information content (AvgIpc) is 2.47. The average molecular weight is 409 g/mol. The molecule has 0 radical (unpaired) electrons. The van der Waals surface area contributed by atoms with Crippen LogP contribution in [0.25, 0.3) is 10.8 Å². The van der Waals surface area contributed by atoms with Gasteiger partial charge in [-0.25, -0.2) is 8.42 Å². The van der Waals surface area contributed by atoms with Gasteiger partial charge in [-0.15, -0.1) is 0 Å². The molecule has 0 amide bonds. The van der Waals surface area contributed by atoms with Crippen LogP contribution in [-0.2, 0) is 10.0 Å². The van der Waals surface area contributed by atoms with E-state index < -0.39 is 10.0 Å². The van der Waals surface area contributed by atoms with E-state index in [2.05, 4.69) is 4.72 Å². The zero-order valence-electron chi connectivity index (χ0n) is 11.0. The maximum Gasteiger partial charge on any atom is 0.262 e. The first-order valence-electron chi connectivity index (χ1n) is 6.33. The van der Waals surface area contributed by atoms with Crippen LogP contribution in [-0.4, -0.2) is 8.42 Å². The van der Waals surface area contributed by atoms with Gasteiger partial charge in [-0.3, -0.25) is 4.72 Å². The number of hydrogen-bond acceptors (Lipinski definition) is 2. The molecule has 0 saturated heterocycles. The van der Waals surface area contributed by atoms with Gasteiger partial charge >= 0.3 is 0 Å². The molecule has 0 fully saturated rings. The standard InChI is InChI=1S/C16H12INO2S/c17-14-9-3-4-11-16(14)21(19,20)18-15-10-5-7-12-6-1-2-8-13(12)15/h1-11,18H. The van der Waals surface area contributed by atoms with Crippen molar-refractivity contribution in [1.82, 2.24) is 0 Å². The fourth-order valence-corrected chi connectivity index (χ4v) is 4.59. The lowest BCUT2D eigenvalue weighted by Crippen LogP contribution is -2.14. The van der Waals surface area contributed by atoms with E-state index in [4.69, 9.17) is 0 Å². The molecular weight excluding hydrogens is 397 g/mol. The van der Waals surface area contributed by atoms with Crippen LogP contribution in [0.2, 0.25) is 0 Å². The van der Waals surface area contributed by atoms with Gasteiger partial charge in [0.25, 0.3) is 10.0 Å². The van der Waals surface area contributed by atoms with E-state index in [0.29, 0.717) is 14.2 Å². The summed E-state index contributed by atoms with van der Waals surface area (Å²) in [6.45, 7) is 0. The van der Waals surface area contributed by atoms with Crippen molar-refractivity contribution in [3.63, 3.8) is 0 Å². The quantitative estimate of drug-likeness (QED) is 0.658. The zero-order valence-corrected chi connectivity index (χ0v) is 13.9. The van der Waals surface area contributed by atoms with E-state index in [1.54, 1.807) is 24.3 Å². The van der Waals surface area contributed by atoms with Crippen LogP contribution < -0.4 is 4.72 Å². The summed E-state index contributed by atoms with van der Waals surface area (Å²) >= 11 is 2.03. The molecule has 0 aliphatic heterocycles. The molecular formula is C16H12INO2S. The fourth-order valence-electron chi connectivity index (χ4n) is 2.18. The minimum atomic E-state index is -3.59. The van der Waals surface area contributed by atoms with Gasteiger partial charge in [0.2, 0.25) is 0 Å². The van der Waals surface area contributed by atoms with Crippen molar-refractivity contribution in [1.29, 1.82) is 0 Å². The second kappa shape index (κ2) is 5.65. The highest BCUT2D eigenvalue weighted by molar-refractivity contribution is 14.1. The molecule has 21 heavy (non-hydrogen) atoms. The molecule has 0 spiro atoms. The molecule has 1 N–H and O–H groups in total. The first kappa shape index (κ1) is 14.3. The van der Waals surface area contributed by atoms with Gasteiger partial charge < -0.3 is 0 Å². The van der Waals surface area contributed by atoms with Crippen molar-refractivity contribution in [2.24, 2.45) is 0 Å². The van der Waals surface area contributed by atoms with Gasteiger partial charge in [0.05, 0.1) is 5.69 Å². The van der Waals surface area contributed by atoms with Crippen molar-refractivity contribution in [3.05, 3.63) is 70.3 Å². The Morgan fingerprint density at radius 1 is 0.810 bits per heavy atom. The predicted octanol–water partition coefficient (Wildman–Crippen LogP) is 4.25.